The summed E-state index contributed by atoms with van der Waals surface area (Å²) in [5.74, 6) is -0.0186. The Balaban J connectivity index is 2.57. The van der Waals surface area contributed by atoms with Gasteiger partial charge < -0.3 is 9.47 Å². The first kappa shape index (κ1) is 9.45. The van der Waals surface area contributed by atoms with Crippen molar-refractivity contribution < 1.29 is 14.3 Å². The Labute approximate surface area is 85.2 Å². The fourth-order valence-electron chi connectivity index (χ4n) is 1.25. The molecule has 0 amide bonds. The zero-order valence-electron chi connectivity index (χ0n) is 8.27. The molecule has 0 radical (unpaired) electrons. The Bertz CT molecular complexity index is 506. The minimum absolute atomic E-state index is 0.294. The van der Waals surface area contributed by atoms with Crippen LogP contribution in [0.3, 0.4) is 0 Å². The average molecular weight is 207 g/mol. The van der Waals surface area contributed by atoms with Gasteiger partial charge in [0.15, 0.2) is 11.3 Å². The number of carbonyl (C=O) groups is 1. The molecule has 2 rings (SSSR count). The molecule has 1 N–H and O–H groups in total. The maximum Gasteiger partial charge on any atom is 0.356 e. The molecule has 78 valence electrons. The van der Waals surface area contributed by atoms with Crippen LogP contribution >= 0.6 is 0 Å². The van der Waals surface area contributed by atoms with Crippen molar-refractivity contribution in [2.24, 2.45) is 0 Å². The van der Waals surface area contributed by atoms with Crippen LogP contribution in [0.4, 0.5) is 0 Å². The first-order valence-corrected chi connectivity index (χ1v) is 4.23. The number of nitrogens with one attached hydrogen (secondary N) is 1. The molecule has 0 aliphatic carbocycles. The van der Waals surface area contributed by atoms with E-state index in [1.165, 1.54) is 14.2 Å². The van der Waals surface area contributed by atoms with Crippen LogP contribution < -0.4 is 4.74 Å². The number of fused-ring (bicyclic) bond motifs is 1. The van der Waals surface area contributed by atoms with E-state index in [-0.39, 0.29) is 0 Å². The quantitative estimate of drug-likeness (QED) is 0.735. The first-order valence-electron chi connectivity index (χ1n) is 4.23. The SMILES string of the molecule is COC(=O)c1[nH]nc2nc(OC)ccc12. The minimum atomic E-state index is -0.468. The number of aromatic amines is 1. The molecule has 0 saturated carbocycles. The van der Waals surface area contributed by atoms with Gasteiger partial charge in [0.2, 0.25) is 5.88 Å². The monoisotopic (exact) mass is 207 g/mol. The van der Waals surface area contributed by atoms with Crippen LogP contribution in [-0.4, -0.2) is 35.4 Å². The van der Waals surface area contributed by atoms with E-state index in [1.54, 1.807) is 12.1 Å². The van der Waals surface area contributed by atoms with Gasteiger partial charge in [0.25, 0.3) is 0 Å². The lowest BCUT2D eigenvalue weighted by atomic mass is 10.2. The summed E-state index contributed by atoms with van der Waals surface area (Å²) in [7, 11) is 2.83. The van der Waals surface area contributed by atoms with Crippen LogP contribution in [0.1, 0.15) is 10.5 Å². The summed E-state index contributed by atoms with van der Waals surface area (Å²) in [4.78, 5) is 15.3. The summed E-state index contributed by atoms with van der Waals surface area (Å²) in [5, 5.41) is 7.07. The van der Waals surface area contributed by atoms with Gasteiger partial charge >= 0.3 is 5.97 Å². The highest BCUT2D eigenvalue weighted by molar-refractivity contribution is 6.00. The van der Waals surface area contributed by atoms with E-state index in [2.05, 4.69) is 19.9 Å². The molecule has 6 nitrogen and oxygen atoms in total. The number of pyridine rings is 1. The molecule has 15 heavy (non-hydrogen) atoms. The van der Waals surface area contributed by atoms with Crippen LogP contribution in [0.5, 0.6) is 5.88 Å². The molecule has 0 aromatic carbocycles. The normalized spacial score (nSPS) is 10.3. The standard InChI is InChI=1S/C9H9N3O3/c1-14-6-4-3-5-7(9(13)15-2)11-12-8(5)10-6/h3-4H,1-2H3,(H,10,11,12). The molecule has 0 aliphatic rings. The number of hydrogen-bond acceptors (Lipinski definition) is 5. The molecule has 0 aliphatic heterocycles. The van der Waals surface area contributed by atoms with Crippen LogP contribution in [-0.2, 0) is 4.74 Å². The fraction of sp³-hybridized carbons (Fsp3) is 0.222. The van der Waals surface area contributed by atoms with E-state index in [9.17, 15) is 4.79 Å². The lowest BCUT2D eigenvalue weighted by Crippen LogP contribution is -2.01. The second-order valence-electron chi connectivity index (χ2n) is 2.81. The molecule has 0 spiro atoms. The summed E-state index contributed by atoms with van der Waals surface area (Å²) >= 11 is 0. The molecule has 0 bridgehead atoms. The molecule has 6 heteroatoms. The van der Waals surface area contributed by atoms with Gasteiger partial charge in [0.05, 0.1) is 19.6 Å². The number of nitrogens with zero attached hydrogens (tertiary/aromatic N) is 2. The van der Waals surface area contributed by atoms with Crippen LogP contribution in [0.25, 0.3) is 11.0 Å². The van der Waals surface area contributed by atoms with E-state index in [0.29, 0.717) is 22.6 Å². The fourth-order valence-corrected chi connectivity index (χ4v) is 1.25. The maximum absolute atomic E-state index is 11.3. The van der Waals surface area contributed by atoms with Gasteiger partial charge in [-0.15, -0.1) is 0 Å². The topological polar surface area (TPSA) is 77.1 Å². The number of hydrogen-bond donors (Lipinski definition) is 1. The number of ether oxygens (including phenoxy) is 2. The summed E-state index contributed by atoms with van der Waals surface area (Å²) in [6.07, 6.45) is 0. The number of carbonyl (C=O) groups excluding carboxylic acids is 1. The van der Waals surface area contributed by atoms with Crippen molar-refractivity contribution in [1.29, 1.82) is 0 Å². The van der Waals surface area contributed by atoms with Gasteiger partial charge in [-0.25, -0.2) is 4.79 Å². The van der Waals surface area contributed by atoms with Gasteiger partial charge in [0.1, 0.15) is 0 Å². The van der Waals surface area contributed by atoms with Gasteiger partial charge in [-0.05, 0) is 6.07 Å². The van der Waals surface area contributed by atoms with Crippen molar-refractivity contribution in [3.05, 3.63) is 17.8 Å². The molecule has 0 atom stereocenters. The number of H-pyrrole nitrogens is 1. The second kappa shape index (κ2) is 3.56. The average Bonchev–Trinajstić information content (AvgIpc) is 2.70. The lowest BCUT2D eigenvalue weighted by molar-refractivity contribution is 0.0596. The number of esters is 1. The molecule has 2 aromatic heterocycles. The lowest BCUT2D eigenvalue weighted by Gasteiger charge is -1.97. The van der Waals surface area contributed by atoms with Crippen molar-refractivity contribution in [3.63, 3.8) is 0 Å². The Hall–Kier alpha value is -2.11. The summed E-state index contributed by atoms with van der Waals surface area (Å²) in [6.45, 7) is 0. The third kappa shape index (κ3) is 1.50. The Kier molecular flexibility index (Phi) is 2.24. The maximum atomic E-state index is 11.3. The van der Waals surface area contributed by atoms with E-state index in [0.717, 1.165) is 0 Å². The summed E-state index contributed by atoms with van der Waals surface area (Å²) < 4.78 is 9.53. The molecule has 0 saturated heterocycles. The molecular formula is C9H9N3O3. The largest absolute Gasteiger partial charge is 0.481 e. The van der Waals surface area contributed by atoms with Crippen molar-refractivity contribution in [1.82, 2.24) is 15.2 Å². The van der Waals surface area contributed by atoms with Crippen LogP contribution in [0.2, 0.25) is 0 Å². The van der Waals surface area contributed by atoms with Gasteiger partial charge in [-0.1, -0.05) is 0 Å². The van der Waals surface area contributed by atoms with Crippen molar-refractivity contribution in [2.75, 3.05) is 14.2 Å². The highest BCUT2D eigenvalue weighted by atomic mass is 16.5. The van der Waals surface area contributed by atoms with E-state index < -0.39 is 5.97 Å². The molecule has 2 heterocycles. The summed E-state index contributed by atoms with van der Waals surface area (Å²) in [6, 6.07) is 3.36. The van der Waals surface area contributed by atoms with Crippen molar-refractivity contribution >= 4 is 17.0 Å². The zero-order valence-corrected chi connectivity index (χ0v) is 8.27. The predicted molar refractivity (Wildman–Crippen MR) is 51.8 cm³/mol. The Morgan fingerprint density at radius 1 is 1.40 bits per heavy atom. The Morgan fingerprint density at radius 2 is 2.20 bits per heavy atom. The summed E-state index contributed by atoms with van der Waals surface area (Å²) in [5.41, 5.74) is 0.720. The zero-order chi connectivity index (χ0) is 10.8. The molecule has 2 aromatic rings. The van der Waals surface area contributed by atoms with Gasteiger partial charge in [0, 0.05) is 6.07 Å². The van der Waals surface area contributed by atoms with Crippen LogP contribution in [0, 0.1) is 0 Å². The highest BCUT2D eigenvalue weighted by Crippen LogP contribution is 2.17. The van der Waals surface area contributed by atoms with Gasteiger partial charge in [-0.2, -0.15) is 10.1 Å². The molecule has 0 unspecified atom stereocenters. The predicted octanol–water partition coefficient (Wildman–Crippen LogP) is 0.753. The number of methoxy groups -OCH3 is 2. The van der Waals surface area contributed by atoms with Crippen molar-refractivity contribution in [3.8, 4) is 5.88 Å². The van der Waals surface area contributed by atoms with E-state index in [4.69, 9.17) is 4.74 Å². The highest BCUT2D eigenvalue weighted by Gasteiger charge is 2.14. The smallest absolute Gasteiger partial charge is 0.356 e. The number of rotatable bonds is 2. The van der Waals surface area contributed by atoms with Crippen LogP contribution in [0.15, 0.2) is 12.1 Å². The Morgan fingerprint density at radius 3 is 2.87 bits per heavy atom. The van der Waals surface area contributed by atoms with Gasteiger partial charge in [-0.3, -0.25) is 5.10 Å². The molecule has 0 fully saturated rings. The van der Waals surface area contributed by atoms with Crippen molar-refractivity contribution in [2.45, 2.75) is 0 Å². The second-order valence-corrected chi connectivity index (χ2v) is 2.81. The number of aromatic nitrogens is 3. The third-order valence-electron chi connectivity index (χ3n) is 1.99. The van der Waals surface area contributed by atoms with E-state index >= 15 is 0 Å². The third-order valence-corrected chi connectivity index (χ3v) is 1.99. The van der Waals surface area contributed by atoms with E-state index in [1.807, 2.05) is 0 Å². The molecular weight excluding hydrogens is 198 g/mol. The first-order chi connectivity index (χ1) is 7.26. The minimum Gasteiger partial charge on any atom is -0.481 e.